The van der Waals surface area contributed by atoms with Crippen LogP contribution in [0.1, 0.15) is 28.1 Å². The lowest BCUT2D eigenvalue weighted by atomic mass is 9.98. The van der Waals surface area contributed by atoms with Crippen molar-refractivity contribution in [2.24, 2.45) is 0 Å². The quantitative estimate of drug-likeness (QED) is 0.664. The lowest BCUT2D eigenvalue weighted by Crippen LogP contribution is -2.14. The van der Waals surface area contributed by atoms with E-state index >= 15 is 0 Å². The van der Waals surface area contributed by atoms with Crippen LogP contribution in [0.5, 0.6) is 0 Å². The number of allylic oxidation sites excluding steroid dienone is 2. The smallest absolute Gasteiger partial charge is 0.343 e. The number of thiazole rings is 1. The first kappa shape index (κ1) is 15.5. The van der Waals surface area contributed by atoms with Gasteiger partial charge in [0.25, 0.3) is 0 Å². The van der Waals surface area contributed by atoms with Crippen molar-refractivity contribution in [2.75, 3.05) is 12.4 Å². The zero-order valence-corrected chi connectivity index (χ0v) is 14.4. The first-order chi connectivity index (χ1) is 11.0. The molecule has 1 N–H and O–H groups in total. The lowest BCUT2D eigenvalue weighted by molar-refractivity contribution is -0.133. The molecule has 0 atom stereocenters. The van der Waals surface area contributed by atoms with Gasteiger partial charge in [-0.25, -0.2) is 9.78 Å². The molecule has 1 aliphatic rings. The van der Waals surface area contributed by atoms with Crippen LogP contribution < -0.4 is 5.32 Å². The minimum Gasteiger partial charge on any atom is -0.465 e. The molecule has 0 saturated carbocycles. The number of aromatic nitrogens is 1. The maximum Gasteiger partial charge on any atom is 0.343 e. The molecule has 0 bridgehead atoms. The number of para-hydroxylation sites is 1. The van der Waals surface area contributed by atoms with Crippen LogP contribution >= 0.6 is 11.3 Å². The lowest BCUT2D eigenvalue weighted by Gasteiger charge is -2.21. The van der Waals surface area contributed by atoms with E-state index in [4.69, 9.17) is 4.74 Å². The van der Waals surface area contributed by atoms with Gasteiger partial charge in [-0.1, -0.05) is 18.2 Å². The maximum absolute atomic E-state index is 12.4. The van der Waals surface area contributed by atoms with Crippen LogP contribution in [-0.4, -0.2) is 18.1 Å². The van der Waals surface area contributed by atoms with Gasteiger partial charge in [-0.15, -0.1) is 11.3 Å². The number of hydrogen-bond donors (Lipinski definition) is 1. The topological polar surface area (TPSA) is 51.2 Å². The first-order valence-corrected chi connectivity index (χ1v) is 8.14. The number of esters is 1. The summed E-state index contributed by atoms with van der Waals surface area (Å²) in [5, 5.41) is 4.02. The fraction of sp³-hybridized carbons (Fsp3) is 0.222. The van der Waals surface area contributed by atoms with Crippen LogP contribution in [-0.2, 0) is 9.53 Å². The summed E-state index contributed by atoms with van der Waals surface area (Å²) in [6, 6.07) is 8.03. The summed E-state index contributed by atoms with van der Waals surface area (Å²) in [4.78, 5) is 18.0. The number of carbonyl (C=O) groups is 1. The van der Waals surface area contributed by atoms with Crippen molar-refractivity contribution in [2.45, 2.75) is 20.8 Å². The summed E-state index contributed by atoms with van der Waals surface area (Å²) in [5.74, 6) is -0.385. The Morgan fingerprint density at radius 2 is 1.96 bits per heavy atom. The fourth-order valence-corrected chi connectivity index (χ4v) is 3.50. The highest BCUT2D eigenvalue weighted by Gasteiger charge is 2.24. The molecule has 0 amide bonds. The molecule has 118 valence electrons. The Balaban J connectivity index is 2.19. The number of aryl methyl sites for hydroxylation is 2. The van der Waals surface area contributed by atoms with E-state index in [-0.39, 0.29) is 5.97 Å². The number of nitrogens with zero attached hydrogens (tertiary/aromatic N) is 1. The molecule has 0 spiro atoms. The molecule has 0 saturated heterocycles. The molecule has 2 aromatic rings. The normalized spacial score (nSPS) is 15.4. The highest BCUT2D eigenvalue weighted by molar-refractivity contribution is 7.13. The number of ether oxygens (including phenoxy) is 1. The summed E-state index contributed by atoms with van der Waals surface area (Å²) in [6.07, 6.45) is 1.97. The number of nitrogens with one attached hydrogen (secondary N) is 1. The van der Waals surface area contributed by atoms with Crippen LogP contribution in [0, 0.1) is 13.8 Å². The SMILES string of the molecule is COC(=O)/C(=C1\C=C(C)c2ccccc2N1)c1nc(C)c(C)s1. The zero-order valence-electron chi connectivity index (χ0n) is 13.6. The van der Waals surface area contributed by atoms with Crippen LogP contribution in [0.15, 0.2) is 36.0 Å². The second-order valence-corrected chi connectivity index (χ2v) is 6.64. The Morgan fingerprint density at radius 1 is 1.22 bits per heavy atom. The van der Waals surface area contributed by atoms with Crippen molar-refractivity contribution < 1.29 is 9.53 Å². The van der Waals surface area contributed by atoms with Gasteiger partial charge in [-0.05, 0) is 38.5 Å². The second-order valence-electron chi connectivity index (χ2n) is 5.44. The van der Waals surface area contributed by atoms with Gasteiger partial charge in [-0.2, -0.15) is 0 Å². The van der Waals surface area contributed by atoms with E-state index in [1.54, 1.807) is 0 Å². The minimum atomic E-state index is -0.385. The molecule has 1 aliphatic heterocycles. The zero-order chi connectivity index (χ0) is 16.6. The fourth-order valence-electron chi connectivity index (χ4n) is 2.54. The number of anilines is 1. The molecule has 1 aromatic heterocycles. The third-order valence-electron chi connectivity index (χ3n) is 3.88. The van der Waals surface area contributed by atoms with Crippen LogP contribution in [0.2, 0.25) is 0 Å². The molecule has 0 fully saturated rings. The van der Waals surface area contributed by atoms with E-state index in [0.29, 0.717) is 10.6 Å². The highest BCUT2D eigenvalue weighted by atomic mass is 32.1. The van der Waals surface area contributed by atoms with Gasteiger partial charge in [0.05, 0.1) is 18.5 Å². The van der Waals surface area contributed by atoms with E-state index < -0.39 is 0 Å². The van der Waals surface area contributed by atoms with E-state index in [2.05, 4.69) is 16.4 Å². The van der Waals surface area contributed by atoms with Crippen molar-refractivity contribution in [1.82, 2.24) is 4.98 Å². The number of carbonyl (C=O) groups excluding carboxylic acids is 1. The van der Waals surface area contributed by atoms with Gasteiger partial charge < -0.3 is 10.1 Å². The van der Waals surface area contributed by atoms with Gasteiger partial charge in [0.15, 0.2) is 0 Å². The van der Waals surface area contributed by atoms with Crippen LogP contribution in [0.25, 0.3) is 11.1 Å². The minimum absolute atomic E-state index is 0.385. The maximum atomic E-state index is 12.4. The summed E-state index contributed by atoms with van der Waals surface area (Å²) in [6.45, 7) is 5.98. The second kappa shape index (κ2) is 6.01. The summed E-state index contributed by atoms with van der Waals surface area (Å²) in [5.41, 5.74) is 5.34. The Kier molecular flexibility index (Phi) is 4.05. The van der Waals surface area contributed by atoms with E-state index in [1.807, 2.05) is 45.0 Å². The Bertz CT molecular complexity index is 827. The predicted octanol–water partition coefficient (Wildman–Crippen LogP) is 4.17. The molecule has 0 unspecified atom stereocenters. The highest BCUT2D eigenvalue weighted by Crippen LogP contribution is 2.35. The number of benzene rings is 1. The van der Waals surface area contributed by atoms with E-state index in [9.17, 15) is 4.79 Å². The number of rotatable bonds is 2. The molecule has 23 heavy (non-hydrogen) atoms. The molecule has 3 rings (SSSR count). The third kappa shape index (κ3) is 2.80. The summed E-state index contributed by atoms with van der Waals surface area (Å²) < 4.78 is 4.99. The molecule has 1 aromatic carbocycles. The Morgan fingerprint density at radius 3 is 2.61 bits per heavy atom. The van der Waals surface area contributed by atoms with E-state index in [0.717, 1.165) is 33.1 Å². The average Bonchev–Trinajstić information content (AvgIpc) is 2.86. The Labute approximate surface area is 139 Å². The van der Waals surface area contributed by atoms with Crippen molar-refractivity contribution in [3.63, 3.8) is 0 Å². The van der Waals surface area contributed by atoms with Crippen molar-refractivity contribution >= 4 is 34.1 Å². The molecule has 0 radical (unpaired) electrons. The molecule has 5 heteroatoms. The van der Waals surface area contributed by atoms with Crippen LogP contribution in [0.3, 0.4) is 0 Å². The van der Waals surface area contributed by atoms with Crippen molar-refractivity contribution in [3.05, 3.63) is 57.2 Å². The molecule has 0 aliphatic carbocycles. The summed E-state index contributed by atoms with van der Waals surface area (Å²) in [7, 11) is 1.39. The monoisotopic (exact) mass is 326 g/mol. The molecular formula is C18H18N2O2S. The first-order valence-electron chi connectivity index (χ1n) is 7.33. The summed E-state index contributed by atoms with van der Waals surface area (Å²) >= 11 is 1.50. The number of hydrogen-bond acceptors (Lipinski definition) is 5. The standard InChI is InChI=1S/C18H18N2O2S/c1-10-9-15(20-14-8-6-5-7-13(10)14)16(18(21)22-4)17-19-11(2)12(3)23-17/h5-9,20H,1-4H3/b16-15+. The predicted molar refractivity (Wildman–Crippen MR) is 94.2 cm³/mol. The number of fused-ring (bicyclic) bond motifs is 1. The third-order valence-corrected chi connectivity index (χ3v) is 4.97. The van der Waals surface area contributed by atoms with Crippen molar-refractivity contribution in [3.8, 4) is 0 Å². The van der Waals surface area contributed by atoms with Gasteiger partial charge in [0.1, 0.15) is 10.6 Å². The average molecular weight is 326 g/mol. The largest absolute Gasteiger partial charge is 0.465 e. The van der Waals surface area contributed by atoms with Gasteiger partial charge in [-0.3, -0.25) is 0 Å². The van der Waals surface area contributed by atoms with Gasteiger partial charge in [0.2, 0.25) is 0 Å². The van der Waals surface area contributed by atoms with Crippen molar-refractivity contribution in [1.29, 1.82) is 0 Å². The Hall–Kier alpha value is -2.40. The van der Waals surface area contributed by atoms with Gasteiger partial charge >= 0.3 is 5.97 Å². The van der Waals surface area contributed by atoms with E-state index in [1.165, 1.54) is 18.4 Å². The molecule has 4 nitrogen and oxygen atoms in total. The molecular weight excluding hydrogens is 308 g/mol. The molecule has 2 heterocycles. The van der Waals surface area contributed by atoms with Crippen LogP contribution in [0.4, 0.5) is 5.69 Å². The van der Waals surface area contributed by atoms with Gasteiger partial charge in [0, 0.05) is 16.1 Å². The number of methoxy groups -OCH3 is 1.